The minimum absolute atomic E-state index is 0.0188. The van der Waals surface area contributed by atoms with E-state index in [0.717, 1.165) is 0 Å². The van der Waals surface area contributed by atoms with Crippen molar-refractivity contribution in [3.63, 3.8) is 0 Å². The predicted molar refractivity (Wildman–Crippen MR) is 75.4 cm³/mol. The summed E-state index contributed by atoms with van der Waals surface area (Å²) in [5, 5.41) is 5.94. The summed E-state index contributed by atoms with van der Waals surface area (Å²) in [6.45, 7) is 6.98. The van der Waals surface area contributed by atoms with E-state index in [9.17, 15) is 9.18 Å². The third kappa shape index (κ3) is 5.83. The maximum Gasteiger partial charge on any atom is 0.234 e. The predicted octanol–water partition coefficient (Wildman–Crippen LogP) is 2.12. The summed E-state index contributed by atoms with van der Waals surface area (Å²) in [5.74, 6) is 0.208. The smallest absolute Gasteiger partial charge is 0.234 e. The monoisotopic (exact) mass is 266 g/mol. The van der Waals surface area contributed by atoms with Gasteiger partial charge in [-0.2, -0.15) is 0 Å². The van der Waals surface area contributed by atoms with Gasteiger partial charge in [0.1, 0.15) is 5.82 Å². The summed E-state index contributed by atoms with van der Waals surface area (Å²) >= 11 is 0. The van der Waals surface area contributed by atoms with Crippen molar-refractivity contribution in [3.05, 3.63) is 35.6 Å². The molecule has 1 atom stereocenters. The Morgan fingerprint density at radius 3 is 2.58 bits per heavy atom. The van der Waals surface area contributed by atoms with Crippen molar-refractivity contribution in [3.8, 4) is 0 Å². The van der Waals surface area contributed by atoms with Gasteiger partial charge in [-0.15, -0.1) is 0 Å². The standard InChI is InChI=1S/C15H23FN2O/c1-11(2)12(3)18-15(19)10-17-9-8-13-6-4-5-7-14(13)16/h4-7,11-12,17H,8-10H2,1-3H3,(H,18,19). The first-order valence-corrected chi connectivity index (χ1v) is 6.74. The van der Waals surface area contributed by atoms with Crippen molar-refractivity contribution in [1.82, 2.24) is 10.6 Å². The van der Waals surface area contributed by atoms with Crippen molar-refractivity contribution >= 4 is 5.91 Å². The van der Waals surface area contributed by atoms with Crippen LogP contribution in [0.2, 0.25) is 0 Å². The summed E-state index contributed by atoms with van der Waals surface area (Å²) in [6.07, 6.45) is 0.583. The number of halogens is 1. The summed E-state index contributed by atoms with van der Waals surface area (Å²) in [4.78, 5) is 11.6. The van der Waals surface area contributed by atoms with E-state index in [4.69, 9.17) is 0 Å². The van der Waals surface area contributed by atoms with Crippen LogP contribution in [0, 0.1) is 11.7 Å². The first kappa shape index (κ1) is 15.6. The van der Waals surface area contributed by atoms with Crippen LogP contribution in [-0.4, -0.2) is 25.0 Å². The highest BCUT2D eigenvalue weighted by molar-refractivity contribution is 5.78. The normalized spacial score (nSPS) is 12.5. The summed E-state index contributed by atoms with van der Waals surface area (Å²) in [5.41, 5.74) is 0.672. The maximum atomic E-state index is 13.3. The minimum atomic E-state index is -0.192. The van der Waals surface area contributed by atoms with E-state index in [1.165, 1.54) is 6.07 Å². The first-order valence-electron chi connectivity index (χ1n) is 6.74. The molecule has 1 amide bonds. The molecule has 0 radical (unpaired) electrons. The number of hydrogen-bond acceptors (Lipinski definition) is 2. The number of carbonyl (C=O) groups excluding carboxylic acids is 1. The average Bonchev–Trinajstić information content (AvgIpc) is 2.36. The van der Waals surface area contributed by atoms with Crippen LogP contribution in [0.25, 0.3) is 0 Å². The molecule has 1 aromatic carbocycles. The molecule has 0 fully saturated rings. The first-order chi connectivity index (χ1) is 9.00. The van der Waals surface area contributed by atoms with Gasteiger partial charge >= 0.3 is 0 Å². The third-order valence-electron chi connectivity index (χ3n) is 3.20. The van der Waals surface area contributed by atoms with E-state index in [0.29, 0.717) is 24.4 Å². The molecular weight excluding hydrogens is 243 g/mol. The number of nitrogens with one attached hydrogen (secondary N) is 2. The van der Waals surface area contributed by atoms with Gasteiger partial charge in [-0.1, -0.05) is 32.0 Å². The second-order valence-electron chi connectivity index (χ2n) is 5.12. The number of hydrogen-bond donors (Lipinski definition) is 2. The van der Waals surface area contributed by atoms with Gasteiger partial charge in [-0.3, -0.25) is 4.79 Å². The van der Waals surface area contributed by atoms with E-state index >= 15 is 0 Å². The molecule has 0 saturated carbocycles. The number of benzene rings is 1. The molecule has 1 aromatic rings. The molecule has 0 spiro atoms. The molecule has 19 heavy (non-hydrogen) atoms. The Morgan fingerprint density at radius 2 is 1.95 bits per heavy atom. The third-order valence-corrected chi connectivity index (χ3v) is 3.20. The Kier molecular flexibility index (Phi) is 6.50. The van der Waals surface area contributed by atoms with Crippen LogP contribution < -0.4 is 10.6 Å². The lowest BCUT2D eigenvalue weighted by Gasteiger charge is -2.17. The van der Waals surface area contributed by atoms with Gasteiger partial charge in [-0.05, 0) is 37.4 Å². The number of rotatable bonds is 7. The lowest BCUT2D eigenvalue weighted by atomic mass is 10.1. The molecule has 0 saturated heterocycles. The number of amides is 1. The fraction of sp³-hybridized carbons (Fsp3) is 0.533. The summed E-state index contributed by atoms with van der Waals surface area (Å²) in [7, 11) is 0. The van der Waals surface area contributed by atoms with Gasteiger partial charge in [0.2, 0.25) is 5.91 Å². The van der Waals surface area contributed by atoms with Crippen molar-refractivity contribution in [1.29, 1.82) is 0 Å². The van der Waals surface area contributed by atoms with Gasteiger partial charge in [0.05, 0.1) is 6.54 Å². The van der Waals surface area contributed by atoms with Crippen LogP contribution in [0.4, 0.5) is 4.39 Å². The van der Waals surface area contributed by atoms with E-state index in [1.807, 2.05) is 13.0 Å². The van der Waals surface area contributed by atoms with E-state index in [1.54, 1.807) is 12.1 Å². The average molecular weight is 266 g/mol. The van der Waals surface area contributed by atoms with Crippen LogP contribution in [0.1, 0.15) is 26.3 Å². The zero-order chi connectivity index (χ0) is 14.3. The lowest BCUT2D eigenvalue weighted by molar-refractivity contribution is -0.121. The molecule has 2 N–H and O–H groups in total. The van der Waals surface area contributed by atoms with E-state index in [2.05, 4.69) is 24.5 Å². The quantitative estimate of drug-likeness (QED) is 0.742. The highest BCUT2D eigenvalue weighted by atomic mass is 19.1. The molecular formula is C15H23FN2O. The topological polar surface area (TPSA) is 41.1 Å². The Balaban J connectivity index is 2.21. The van der Waals surface area contributed by atoms with Gasteiger partial charge < -0.3 is 10.6 Å². The molecule has 0 bridgehead atoms. The molecule has 106 valence electrons. The highest BCUT2D eigenvalue weighted by Crippen LogP contribution is 2.06. The second kappa shape index (κ2) is 7.89. The maximum absolute atomic E-state index is 13.3. The highest BCUT2D eigenvalue weighted by Gasteiger charge is 2.10. The fourth-order valence-electron chi connectivity index (χ4n) is 1.60. The molecule has 1 rings (SSSR count). The Labute approximate surface area is 114 Å². The summed E-state index contributed by atoms with van der Waals surface area (Å²) < 4.78 is 13.3. The van der Waals surface area contributed by atoms with Crippen LogP contribution in [0.3, 0.4) is 0 Å². The minimum Gasteiger partial charge on any atom is -0.352 e. The van der Waals surface area contributed by atoms with Crippen molar-refractivity contribution < 1.29 is 9.18 Å². The van der Waals surface area contributed by atoms with Crippen LogP contribution in [-0.2, 0) is 11.2 Å². The van der Waals surface area contributed by atoms with Gasteiger partial charge in [-0.25, -0.2) is 4.39 Å². The SMILES string of the molecule is CC(C)C(C)NC(=O)CNCCc1ccccc1F. The molecule has 4 heteroatoms. The molecule has 0 aliphatic rings. The zero-order valence-electron chi connectivity index (χ0n) is 11.9. The largest absolute Gasteiger partial charge is 0.352 e. The van der Waals surface area contributed by atoms with Gasteiger partial charge in [0, 0.05) is 6.04 Å². The molecule has 1 unspecified atom stereocenters. The van der Waals surface area contributed by atoms with E-state index in [-0.39, 0.29) is 24.3 Å². The Hall–Kier alpha value is -1.42. The lowest BCUT2D eigenvalue weighted by Crippen LogP contribution is -2.41. The molecule has 3 nitrogen and oxygen atoms in total. The van der Waals surface area contributed by atoms with Crippen LogP contribution >= 0.6 is 0 Å². The second-order valence-corrected chi connectivity index (χ2v) is 5.12. The van der Waals surface area contributed by atoms with Gasteiger partial charge in [0.25, 0.3) is 0 Å². The van der Waals surface area contributed by atoms with Crippen LogP contribution in [0.5, 0.6) is 0 Å². The molecule has 0 heterocycles. The molecule has 0 aliphatic carbocycles. The van der Waals surface area contributed by atoms with E-state index < -0.39 is 0 Å². The van der Waals surface area contributed by atoms with Crippen molar-refractivity contribution in [2.24, 2.45) is 5.92 Å². The van der Waals surface area contributed by atoms with Crippen molar-refractivity contribution in [2.45, 2.75) is 33.2 Å². The van der Waals surface area contributed by atoms with Crippen molar-refractivity contribution in [2.75, 3.05) is 13.1 Å². The molecule has 0 aromatic heterocycles. The fourth-order valence-corrected chi connectivity index (χ4v) is 1.60. The van der Waals surface area contributed by atoms with Crippen LogP contribution in [0.15, 0.2) is 24.3 Å². The molecule has 0 aliphatic heterocycles. The zero-order valence-corrected chi connectivity index (χ0v) is 11.9. The Morgan fingerprint density at radius 1 is 1.26 bits per heavy atom. The number of carbonyl (C=O) groups is 1. The van der Waals surface area contributed by atoms with Gasteiger partial charge in [0.15, 0.2) is 0 Å². The Bertz CT molecular complexity index is 407. The summed E-state index contributed by atoms with van der Waals surface area (Å²) in [6, 6.07) is 6.87.